The van der Waals surface area contributed by atoms with Crippen molar-refractivity contribution in [3.8, 4) is 0 Å². The Morgan fingerprint density at radius 1 is 1.43 bits per heavy atom. The predicted octanol–water partition coefficient (Wildman–Crippen LogP) is 1.55. The molecule has 0 aliphatic carbocycles. The molecule has 1 aromatic rings. The van der Waals surface area contributed by atoms with Crippen LogP contribution in [-0.4, -0.2) is 54.3 Å². The van der Waals surface area contributed by atoms with Crippen LogP contribution in [-0.2, 0) is 16.1 Å². The van der Waals surface area contributed by atoms with E-state index in [1.165, 1.54) is 0 Å². The van der Waals surface area contributed by atoms with Gasteiger partial charge >= 0.3 is 0 Å². The van der Waals surface area contributed by atoms with Crippen LogP contribution in [0.4, 0.5) is 0 Å². The first kappa shape index (κ1) is 17.9. The van der Waals surface area contributed by atoms with Crippen LogP contribution in [0.3, 0.4) is 0 Å². The molecule has 0 bridgehead atoms. The van der Waals surface area contributed by atoms with Gasteiger partial charge in [0.1, 0.15) is 0 Å². The molecule has 0 aromatic heterocycles. The number of nitrogens with zero attached hydrogens (tertiary/aromatic N) is 1. The summed E-state index contributed by atoms with van der Waals surface area (Å²) < 4.78 is 5.59. The summed E-state index contributed by atoms with van der Waals surface area (Å²) in [5.74, 6) is 0.101. The number of amides is 1. The number of rotatable bonds is 8. The normalized spacial score (nSPS) is 20.2. The third-order valence-corrected chi connectivity index (χ3v) is 4.08. The van der Waals surface area contributed by atoms with E-state index in [1.807, 2.05) is 37.3 Å². The van der Waals surface area contributed by atoms with Gasteiger partial charge in [-0.3, -0.25) is 9.69 Å². The van der Waals surface area contributed by atoms with Crippen LogP contribution >= 0.6 is 0 Å². The van der Waals surface area contributed by atoms with Crippen molar-refractivity contribution in [2.45, 2.75) is 44.9 Å². The van der Waals surface area contributed by atoms with Gasteiger partial charge in [0.25, 0.3) is 0 Å². The Labute approximate surface area is 138 Å². The second-order valence-corrected chi connectivity index (χ2v) is 6.17. The van der Waals surface area contributed by atoms with Crippen LogP contribution in [0.15, 0.2) is 30.3 Å². The first-order chi connectivity index (χ1) is 11.2. The van der Waals surface area contributed by atoms with Crippen molar-refractivity contribution in [2.24, 2.45) is 0 Å². The molecule has 0 saturated carbocycles. The summed E-state index contributed by atoms with van der Waals surface area (Å²) >= 11 is 0. The highest BCUT2D eigenvalue weighted by Crippen LogP contribution is 2.11. The van der Waals surface area contributed by atoms with Gasteiger partial charge in [-0.25, -0.2) is 0 Å². The summed E-state index contributed by atoms with van der Waals surface area (Å²) in [6.07, 6.45) is 2.08. The summed E-state index contributed by atoms with van der Waals surface area (Å²) in [5, 5.41) is 13.2. The number of nitrogens with one attached hydrogen (secondary N) is 1. The summed E-state index contributed by atoms with van der Waals surface area (Å²) in [5.41, 5.74) is 1.11. The summed E-state index contributed by atoms with van der Waals surface area (Å²) in [6, 6.07) is 10.2. The zero-order valence-corrected chi connectivity index (χ0v) is 13.9. The van der Waals surface area contributed by atoms with Gasteiger partial charge in [-0.05, 0) is 24.9 Å². The average Bonchev–Trinajstić information content (AvgIpc) is 2.56. The van der Waals surface area contributed by atoms with Crippen LogP contribution < -0.4 is 5.32 Å². The second-order valence-electron chi connectivity index (χ2n) is 6.17. The van der Waals surface area contributed by atoms with Crippen molar-refractivity contribution in [3.63, 3.8) is 0 Å². The average molecular weight is 320 g/mol. The zero-order chi connectivity index (χ0) is 16.5. The van der Waals surface area contributed by atoms with Crippen LogP contribution in [0.1, 0.15) is 31.7 Å². The highest BCUT2D eigenvalue weighted by atomic mass is 16.5. The number of likely N-dealkylation sites (tertiary alicyclic amines) is 1. The van der Waals surface area contributed by atoms with Crippen molar-refractivity contribution in [1.82, 2.24) is 10.2 Å². The second kappa shape index (κ2) is 9.65. The van der Waals surface area contributed by atoms with Crippen molar-refractivity contribution in [1.29, 1.82) is 0 Å². The summed E-state index contributed by atoms with van der Waals surface area (Å²) in [7, 11) is 0. The molecular weight excluding hydrogens is 292 g/mol. The Hall–Kier alpha value is -1.43. The van der Waals surface area contributed by atoms with Gasteiger partial charge in [0.15, 0.2) is 0 Å². The van der Waals surface area contributed by atoms with Gasteiger partial charge < -0.3 is 15.2 Å². The standard InChI is InChI=1S/C18H28N2O3/c1-2-18(22)19-16-9-6-10-20(11-16)12-17(21)14-23-13-15-7-4-3-5-8-15/h3-5,7-8,16-17,21H,2,6,9-14H2,1H3,(H,19,22). The van der Waals surface area contributed by atoms with Crippen molar-refractivity contribution < 1.29 is 14.6 Å². The number of β-amino-alcohol motifs (C(OH)–C–C–N with tert-alkyl or cyclic N) is 1. The quantitative estimate of drug-likeness (QED) is 0.763. The van der Waals surface area contributed by atoms with Crippen LogP contribution in [0.5, 0.6) is 0 Å². The molecule has 2 N–H and O–H groups in total. The van der Waals surface area contributed by atoms with Gasteiger partial charge in [-0.1, -0.05) is 37.3 Å². The van der Waals surface area contributed by atoms with Gasteiger partial charge in [-0.15, -0.1) is 0 Å². The minimum Gasteiger partial charge on any atom is -0.389 e. The highest BCUT2D eigenvalue weighted by molar-refractivity contribution is 5.75. The molecule has 1 heterocycles. The van der Waals surface area contributed by atoms with Crippen LogP contribution in [0.25, 0.3) is 0 Å². The lowest BCUT2D eigenvalue weighted by Gasteiger charge is -2.34. The molecule has 1 saturated heterocycles. The first-order valence-electron chi connectivity index (χ1n) is 8.48. The molecule has 5 nitrogen and oxygen atoms in total. The number of benzene rings is 1. The van der Waals surface area contributed by atoms with E-state index in [0.29, 0.717) is 26.2 Å². The maximum absolute atomic E-state index is 11.5. The van der Waals surface area contributed by atoms with E-state index < -0.39 is 6.10 Å². The lowest BCUT2D eigenvalue weighted by atomic mass is 10.1. The van der Waals surface area contributed by atoms with E-state index in [4.69, 9.17) is 4.74 Å². The molecule has 1 aliphatic rings. The highest BCUT2D eigenvalue weighted by Gasteiger charge is 2.22. The molecule has 1 amide bonds. The minimum atomic E-state index is -0.501. The topological polar surface area (TPSA) is 61.8 Å². The fraction of sp³-hybridized carbons (Fsp3) is 0.611. The molecule has 5 heteroatoms. The van der Waals surface area contributed by atoms with Crippen LogP contribution in [0.2, 0.25) is 0 Å². The molecule has 2 rings (SSSR count). The number of carbonyl (C=O) groups excluding carboxylic acids is 1. The minimum absolute atomic E-state index is 0.101. The lowest BCUT2D eigenvalue weighted by molar-refractivity contribution is -0.121. The van der Waals surface area contributed by atoms with E-state index in [2.05, 4.69) is 10.2 Å². The smallest absolute Gasteiger partial charge is 0.219 e. The number of piperidine rings is 1. The SMILES string of the molecule is CCC(=O)NC1CCCN(CC(O)COCc2ccccc2)C1. The molecule has 0 spiro atoms. The molecule has 1 aliphatic heterocycles. The summed E-state index contributed by atoms with van der Waals surface area (Å²) in [4.78, 5) is 13.7. The van der Waals surface area contributed by atoms with Crippen molar-refractivity contribution in [3.05, 3.63) is 35.9 Å². The Balaban J connectivity index is 1.66. The summed E-state index contributed by atoms with van der Waals surface area (Å²) in [6.45, 7) is 5.08. The largest absolute Gasteiger partial charge is 0.389 e. The maximum Gasteiger partial charge on any atom is 0.219 e. The Bertz CT molecular complexity index is 467. The molecule has 0 radical (unpaired) electrons. The maximum atomic E-state index is 11.5. The van der Waals surface area contributed by atoms with Crippen molar-refractivity contribution >= 4 is 5.91 Å². The Morgan fingerprint density at radius 2 is 2.22 bits per heavy atom. The van der Waals surface area contributed by atoms with Gasteiger partial charge in [0.05, 0.1) is 19.3 Å². The first-order valence-corrected chi connectivity index (χ1v) is 8.48. The van der Waals surface area contributed by atoms with E-state index in [9.17, 15) is 9.90 Å². The number of hydrogen-bond donors (Lipinski definition) is 2. The number of aliphatic hydroxyl groups is 1. The number of hydrogen-bond acceptors (Lipinski definition) is 4. The molecule has 2 atom stereocenters. The molecule has 1 fully saturated rings. The Kier molecular flexibility index (Phi) is 7.52. The van der Waals surface area contributed by atoms with E-state index >= 15 is 0 Å². The fourth-order valence-corrected chi connectivity index (χ4v) is 2.91. The zero-order valence-electron chi connectivity index (χ0n) is 13.9. The molecule has 128 valence electrons. The third kappa shape index (κ3) is 6.69. The number of carbonyl (C=O) groups is 1. The lowest BCUT2D eigenvalue weighted by Crippen LogP contribution is -2.49. The molecular formula is C18H28N2O3. The van der Waals surface area contributed by atoms with E-state index in [-0.39, 0.29) is 11.9 Å². The molecule has 23 heavy (non-hydrogen) atoms. The van der Waals surface area contributed by atoms with Crippen molar-refractivity contribution in [2.75, 3.05) is 26.2 Å². The number of aliphatic hydroxyl groups excluding tert-OH is 1. The van der Waals surface area contributed by atoms with E-state index in [0.717, 1.165) is 31.5 Å². The van der Waals surface area contributed by atoms with Gasteiger partial charge in [-0.2, -0.15) is 0 Å². The van der Waals surface area contributed by atoms with Gasteiger partial charge in [0.2, 0.25) is 5.91 Å². The fourth-order valence-electron chi connectivity index (χ4n) is 2.91. The van der Waals surface area contributed by atoms with Gasteiger partial charge in [0, 0.05) is 25.6 Å². The number of ether oxygens (including phenoxy) is 1. The predicted molar refractivity (Wildman–Crippen MR) is 90.0 cm³/mol. The Morgan fingerprint density at radius 3 is 2.96 bits per heavy atom. The monoisotopic (exact) mass is 320 g/mol. The van der Waals surface area contributed by atoms with Crippen LogP contribution in [0, 0.1) is 0 Å². The van der Waals surface area contributed by atoms with E-state index in [1.54, 1.807) is 0 Å². The third-order valence-electron chi connectivity index (χ3n) is 4.08. The molecule has 1 aromatic carbocycles. The molecule has 2 unspecified atom stereocenters.